The van der Waals surface area contributed by atoms with Gasteiger partial charge in [-0.2, -0.15) is 0 Å². The lowest BCUT2D eigenvalue weighted by atomic mass is 10.2. The van der Waals surface area contributed by atoms with Gasteiger partial charge in [0.15, 0.2) is 3.95 Å². The monoisotopic (exact) mass is 401 g/mol. The minimum Gasteiger partial charge on any atom is -0.389 e. The number of aromatic nitrogens is 2. The van der Waals surface area contributed by atoms with Crippen LogP contribution in [0.3, 0.4) is 0 Å². The summed E-state index contributed by atoms with van der Waals surface area (Å²) in [4.78, 5) is 2.16. The first-order valence-corrected chi connectivity index (χ1v) is 9.63. The molecular formula is C16H20ClN3O3S2. The summed E-state index contributed by atoms with van der Waals surface area (Å²) in [7, 11) is 0. The number of benzene rings is 1. The van der Waals surface area contributed by atoms with Crippen LogP contribution >= 0.6 is 35.2 Å². The van der Waals surface area contributed by atoms with Crippen molar-refractivity contribution in [3.05, 3.63) is 38.8 Å². The first kappa shape index (κ1) is 18.8. The summed E-state index contributed by atoms with van der Waals surface area (Å²) in [6.07, 6.45) is -0.668. The second kappa shape index (κ2) is 9.07. The first-order chi connectivity index (χ1) is 12.1. The molecule has 6 nitrogen and oxygen atoms in total. The van der Waals surface area contributed by atoms with E-state index in [-0.39, 0.29) is 6.61 Å². The molecule has 25 heavy (non-hydrogen) atoms. The molecule has 1 atom stereocenters. The molecule has 136 valence electrons. The molecule has 1 fully saturated rings. The predicted octanol–water partition coefficient (Wildman–Crippen LogP) is 2.74. The molecule has 1 aromatic carbocycles. The van der Waals surface area contributed by atoms with Gasteiger partial charge >= 0.3 is 0 Å². The zero-order valence-electron chi connectivity index (χ0n) is 13.6. The van der Waals surface area contributed by atoms with Crippen LogP contribution in [0, 0.1) is 3.95 Å². The molecular weight excluding hydrogens is 382 g/mol. The SMILES string of the molecule is OC(COCc1ccc(Cl)cc1)Cn1nc(N2CCOCC2)sc1=S. The number of aliphatic hydroxyl groups is 1. The highest BCUT2D eigenvalue weighted by molar-refractivity contribution is 7.73. The average Bonchev–Trinajstić information content (AvgIpc) is 2.98. The van der Waals surface area contributed by atoms with Gasteiger partial charge in [0.1, 0.15) is 0 Å². The fraction of sp³-hybridized carbons (Fsp3) is 0.500. The number of morpholine rings is 1. The molecule has 2 heterocycles. The maximum atomic E-state index is 10.2. The van der Waals surface area contributed by atoms with Crippen molar-refractivity contribution >= 4 is 40.3 Å². The Bertz CT molecular complexity index is 729. The largest absolute Gasteiger partial charge is 0.389 e. The zero-order valence-corrected chi connectivity index (χ0v) is 16.0. The van der Waals surface area contributed by atoms with Crippen molar-refractivity contribution in [2.24, 2.45) is 0 Å². The third-order valence-corrected chi connectivity index (χ3v) is 5.37. The van der Waals surface area contributed by atoms with Crippen molar-refractivity contribution in [2.75, 3.05) is 37.8 Å². The van der Waals surface area contributed by atoms with Crippen molar-refractivity contribution in [3.63, 3.8) is 0 Å². The summed E-state index contributed by atoms with van der Waals surface area (Å²) < 4.78 is 13.2. The van der Waals surface area contributed by atoms with Crippen LogP contribution < -0.4 is 4.90 Å². The topological polar surface area (TPSA) is 59.8 Å². The van der Waals surface area contributed by atoms with E-state index in [0.29, 0.717) is 35.3 Å². The van der Waals surface area contributed by atoms with E-state index in [4.69, 9.17) is 33.3 Å². The number of hydrogen-bond acceptors (Lipinski definition) is 7. The van der Waals surface area contributed by atoms with Gasteiger partial charge < -0.3 is 19.5 Å². The number of ether oxygens (including phenoxy) is 2. The summed E-state index contributed by atoms with van der Waals surface area (Å²) in [5.41, 5.74) is 1.01. The van der Waals surface area contributed by atoms with E-state index < -0.39 is 6.10 Å². The van der Waals surface area contributed by atoms with E-state index in [1.165, 1.54) is 11.3 Å². The van der Waals surface area contributed by atoms with Crippen LogP contribution in [0.1, 0.15) is 5.56 Å². The minimum atomic E-state index is -0.668. The van der Waals surface area contributed by atoms with Crippen molar-refractivity contribution in [3.8, 4) is 0 Å². The minimum absolute atomic E-state index is 0.217. The van der Waals surface area contributed by atoms with Crippen molar-refractivity contribution in [1.29, 1.82) is 0 Å². The summed E-state index contributed by atoms with van der Waals surface area (Å²) in [6, 6.07) is 7.44. The lowest BCUT2D eigenvalue weighted by molar-refractivity contribution is 0.0186. The molecule has 9 heteroatoms. The van der Waals surface area contributed by atoms with Crippen molar-refractivity contribution in [1.82, 2.24) is 9.78 Å². The maximum Gasteiger partial charge on any atom is 0.207 e. The molecule has 1 aliphatic heterocycles. The first-order valence-electron chi connectivity index (χ1n) is 8.03. The normalized spacial score (nSPS) is 16.2. The lowest BCUT2D eigenvalue weighted by Crippen LogP contribution is -2.36. The molecule has 1 unspecified atom stereocenters. The molecule has 3 rings (SSSR count). The average molecular weight is 402 g/mol. The van der Waals surface area contributed by atoms with Gasteiger partial charge in [-0.3, -0.25) is 0 Å². The van der Waals surface area contributed by atoms with Crippen molar-refractivity contribution < 1.29 is 14.6 Å². The third-order valence-electron chi connectivity index (χ3n) is 3.75. The van der Waals surface area contributed by atoms with Crippen LogP contribution in [0.25, 0.3) is 0 Å². The molecule has 1 saturated heterocycles. The molecule has 0 bridgehead atoms. The molecule has 0 spiro atoms. The number of anilines is 1. The van der Waals surface area contributed by atoms with Gasteiger partial charge in [0, 0.05) is 18.1 Å². The zero-order chi connectivity index (χ0) is 17.6. The van der Waals surface area contributed by atoms with Gasteiger partial charge in [-0.15, -0.1) is 5.10 Å². The Kier molecular flexibility index (Phi) is 6.80. The van der Waals surface area contributed by atoms with Gasteiger partial charge in [0.05, 0.1) is 39.1 Å². The molecule has 1 aromatic heterocycles. The highest BCUT2D eigenvalue weighted by Gasteiger charge is 2.17. The van der Waals surface area contributed by atoms with Gasteiger partial charge in [-0.1, -0.05) is 35.1 Å². The number of rotatable bonds is 7. The number of nitrogens with zero attached hydrogens (tertiary/aromatic N) is 3. The van der Waals surface area contributed by atoms with Gasteiger partial charge in [-0.05, 0) is 29.9 Å². The third kappa shape index (κ3) is 5.47. The van der Waals surface area contributed by atoms with Crippen molar-refractivity contribution in [2.45, 2.75) is 19.3 Å². The van der Waals surface area contributed by atoms with E-state index in [9.17, 15) is 5.11 Å². The summed E-state index contributed by atoms with van der Waals surface area (Å²) in [6.45, 7) is 4.00. The maximum absolute atomic E-state index is 10.2. The summed E-state index contributed by atoms with van der Waals surface area (Å²) in [5, 5.41) is 16.3. The summed E-state index contributed by atoms with van der Waals surface area (Å²) >= 11 is 12.7. The fourth-order valence-electron chi connectivity index (χ4n) is 2.44. The van der Waals surface area contributed by atoms with E-state index in [1.54, 1.807) is 4.68 Å². The van der Waals surface area contributed by atoms with Gasteiger partial charge in [-0.25, -0.2) is 4.68 Å². The fourth-order valence-corrected chi connectivity index (χ4v) is 3.73. The molecule has 0 saturated carbocycles. The van der Waals surface area contributed by atoms with Crippen LogP contribution in [-0.2, 0) is 22.6 Å². The quantitative estimate of drug-likeness (QED) is 0.720. The van der Waals surface area contributed by atoms with E-state index in [2.05, 4.69) is 10.00 Å². The molecule has 0 amide bonds. The van der Waals surface area contributed by atoms with Crippen LogP contribution in [-0.4, -0.2) is 53.9 Å². The second-order valence-electron chi connectivity index (χ2n) is 5.73. The second-order valence-corrected chi connectivity index (χ2v) is 7.77. The van der Waals surface area contributed by atoms with Gasteiger partial charge in [0.2, 0.25) is 5.13 Å². The Morgan fingerprint density at radius 1 is 1.32 bits per heavy atom. The molecule has 2 aromatic rings. The predicted molar refractivity (Wildman–Crippen MR) is 101 cm³/mol. The Hall–Kier alpha value is -1.03. The highest BCUT2D eigenvalue weighted by atomic mass is 35.5. The molecule has 1 N–H and O–H groups in total. The highest BCUT2D eigenvalue weighted by Crippen LogP contribution is 2.21. The molecule has 1 aliphatic rings. The van der Waals surface area contributed by atoms with Crippen LogP contribution in [0.2, 0.25) is 5.02 Å². The molecule has 0 aliphatic carbocycles. The van der Waals surface area contributed by atoms with Crippen LogP contribution in [0.4, 0.5) is 5.13 Å². The number of hydrogen-bond donors (Lipinski definition) is 1. The Balaban J connectivity index is 1.48. The summed E-state index contributed by atoms with van der Waals surface area (Å²) in [5.74, 6) is 0. The molecule has 0 radical (unpaired) electrons. The van der Waals surface area contributed by atoms with E-state index in [1.807, 2.05) is 24.3 Å². The number of aliphatic hydroxyl groups excluding tert-OH is 1. The van der Waals surface area contributed by atoms with Gasteiger partial charge in [0.25, 0.3) is 0 Å². The Morgan fingerprint density at radius 3 is 2.76 bits per heavy atom. The lowest BCUT2D eigenvalue weighted by Gasteiger charge is -2.25. The smallest absolute Gasteiger partial charge is 0.207 e. The van der Waals surface area contributed by atoms with Crippen LogP contribution in [0.15, 0.2) is 24.3 Å². The van der Waals surface area contributed by atoms with E-state index >= 15 is 0 Å². The Morgan fingerprint density at radius 2 is 2.04 bits per heavy atom. The Labute approximate surface area is 160 Å². The number of halogens is 1. The van der Waals surface area contributed by atoms with E-state index in [0.717, 1.165) is 23.8 Å². The standard InChI is InChI=1S/C16H20ClN3O3S2/c17-13-3-1-12(2-4-13)10-23-11-14(21)9-20-16(24)25-15(18-20)19-5-7-22-8-6-19/h1-4,14,21H,5-11H2. The van der Waals surface area contributed by atoms with Crippen LogP contribution in [0.5, 0.6) is 0 Å².